The number of hydrogen-bond donors (Lipinski definition) is 2. The van der Waals surface area contributed by atoms with Gasteiger partial charge >= 0.3 is 0 Å². The highest BCUT2D eigenvalue weighted by Crippen LogP contribution is 2.35. The second-order valence-corrected chi connectivity index (χ2v) is 4.13. The van der Waals surface area contributed by atoms with Crippen LogP contribution in [0.5, 0.6) is 5.75 Å². The molecule has 0 spiro atoms. The fourth-order valence-electron chi connectivity index (χ4n) is 2.04. The Balaban J connectivity index is 2.14. The van der Waals surface area contributed by atoms with Crippen molar-refractivity contribution in [1.29, 1.82) is 0 Å². The van der Waals surface area contributed by atoms with E-state index >= 15 is 0 Å². The van der Waals surface area contributed by atoms with Crippen LogP contribution < -0.4 is 5.73 Å². The van der Waals surface area contributed by atoms with Crippen molar-refractivity contribution in [3.63, 3.8) is 0 Å². The first-order valence-electron chi connectivity index (χ1n) is 5.69. The monoisotopic (exact) mass is 236 g/mol. The highest BCUT2D eigenvalue weighted by atomic mass is 16.3. The van der Waals surface area contributed by atoms with Crippen LogP contribution in [-0.2, 0) is 0 Å². The lowest BCUT2D eigenvalue weighted by Crippen LogP contribution is -2.09. The standard InChI is InChI=1S/C15H12N2O/c16-15-12(9-10-5-1-4-8-14(10)18)11-6-2-3-7-13(11)17-15/h1-9,18H,(H2,16,17). The highest BCUT2D eigenvalue weighted by molar-refractivity contribution is 6.31. The van der Waals surface area contributed by atoms with Gasteiger partial charge in [0.2, 0.25) is 0 Å². The summed E-state index contributed by atoms with van der Waals surface area (Å²) in [6, 6.07) is 14.9. The molecule has 1 aliphatic heterocycles. The summed E-state index contributed by atoms with van der Waals surface area (Å²) < 4.78 is 0. The molecule has 2 aromatic carbocycles. The largest absolute Gasteiger partial charge is 0.507 e. The Morgan fingerprint density at radius 1 is 1.00 bits per heavy atom. The van der Waals surface area contributed by atoms with Gasteiger partial charge in [-0.1, -0.05) is 36.4 Å². The second kappa shape index (κ2) is 4.04. The van der Waals surface area contributed by atoms with Crippen molar-refractivity contribution < 1.29 is 5.11 Å². The lowest BCUT2D eigenvalue weighted by Gasteiger charge is -2.03. The number of fused-ring (bicyclic) bond motifs is 1. The summed E-state index contributed by atoms with van der Waals surface area (Å²) in [6.45, 7) is 0. The van der Waals surface area contributed by atoms with E-state index in [1.54, 1.807) is 12.1 Å². The molecule has 88 valence electrons. The number of amidine groups is 1. The molecule has 0 saturated heterocycles. The van der Waals surface area contributed by atoms with Gasteiger partial charge in [0.25, 0.3) is 0 Å². The fourth-order valence-corrected chi connectivity index (χ4v) is 2.04. The molecule has 0 amide bonds. The van der Waals surface area contributed by atoms with Gasteiger partial charge in [-0.15, -0.1) is 0 Å². The van der Waals surface area contributed by atoms with Gasteiger partial charge in [-0.05, 0) is 18.2 Å². The van der Waals surface area contributed by atoms with Crippen LogP contribution in [0.2, 0.25) is 0 Å². The summed E-state index contributed by atoms with van der Waals surface area (Å²) >= 11 is 0. The first-order chi connectivity index (χ1) is 8.75. The van der Waals surface area contributed by atoms with Crippen molar-refractivity contribution in [2.24, 2.45) is 10.7 Å². The van der Waals surface area contributed by atoms with Crippen LogP contribution >= 0.6 is 0 Å². The lowest BCUT2D eigenvalue weighted by atomic mass is 10.0. The maximum Gasteiger partial charge on any atom is 0.132 e. The van der Waals surface area contributed by atoms with Gasteiger partial charge in [0.1, 0.15) is 11.6 Å². The third-order valence-corrected chi connectivity index (χ3v) is 2.95. The van der Waals surface area contributed by atoms with Crippen molar-refractivity contribution in [2.75, 3.05) is 0 Å². The smallest absolute Gasteiger partial charge is 0.132 e. The summed E-state index contributed by atoms with van der Waals surface area (Å²) in [6.07, 6.45) is 1.86. The number of rotatable bonds is 1. The zero-order chi connectivity index (χ0) is 12.5. The molecule has 1 aliphatic rings. The summed E-state index contributed by atoms with van der Waals surface area (Å²) in [5.74, 6) is 0.724. The van der Waals surface area contributed by atoms with Crippen molar-refractivity contribution in [2.45, 2.75) is 0 Å². The Morgan fingerprint density at radius 3 is 2.56 bits per heavy atom. The maximum absolute atomic E-state index is 9.78. The summed E-state index contributed by atoms with van der Waals surface area (Å²) in [4.78, 5) is 4.30. The molecule has 3 nitrogen and oxygen atoms in total. The average molecular weight is 236 g/mol. The van der Waals surface area contributed by atoms with Gasteiger partial charge in [-0.2, -0.15) is 0 Å². The molecular weight excluding hydrogens is 224 g/mol. The van der Waals surface area contributed by atoms with Gasteiger partial charge in [0.15, 0.2) is 0 Å². The normalized spacial score (nSPS) is 15.6. The topological polar surface area (TPSA) is 58.6 Å². The molecule has 3 rings (SSSR count). The molecule has 3 heteroatoms. The van der Waals surface area contributed by atoms with Crippen molar-refractivity contribution in [3.8, 4) is 5.75 Å². The fraction of sp³-hybridized carbons (Fsp3) is 0. The van der Waals surface area contributed by atoms with Gasteiger partial charge in [-0.25, -0.2) is 4.99 Å². The number of phenolic OH excluding ortho intramolecular Hbond substituents is 1. The van der Waals surface area contributed by atoms with Crippen LogP contribution in [0.25, 0.3) is 11.6 Å². The van der Waals surface area contributed by atoms with Crippen molar-refractivity contribution in [3.05, 3.63) is 59.7 Å². The summed E-state index contributed by atoms with van der Waals surface area (Å²) in [7, 11) is 0. The Labute approximate surface area is 105 Å². The zero-order valence-electron chi connectivity index (χ0n) is 9.67. The maximum atomic E-state index is 9.78. The van der Waals surface area contributed by atoms with E-state index in [2.05, 4.69) is 4.99 Å². The third-order valence-electron chi connectivity index (χ3n) is 2.95. The van der Waals surface area contributed by atoms with E-state index in [9.17, 15) is 5.11 Å². The van der Waals surface area contributed by atoms with Crippen LogP contribution in [0, 0.1) is 0 Å². The molecule has 3 N–H and O–H groups in total. The Morgan fingerprint density at radius 2 is 1.72 bits per heavy atom. The molecule has 2 aromatic rings. The van der Waals surface area contributed by atoms with Gasteiger partial charge in [0.05, 0.1) is 5.69 Å². The molecule has 1 heterocycles. The van der Waals surface area contributed by atoms with Gasteiger partial charge < -0.3 is 10.8 Å². The lowest BCUT2D eigenvalue weighted by molar-refractivity contribution is 0.474. The predicted octanol–water partition coefficient (Wildman–Crippen LogP) is 2.94. The second-order valence-electron chi connectivity index (χ2n) is 4.13. The minimum absolute atomic E-state index is 0.238. The first-order valence-corrected chi connectivity index (χ1v) is 5.69. The van der Waals surface area contributed by atoms with E-state index in [0.717, 1.165) is 22.4 Å². The SMILES string of the molecule is NC1=Nc2ccccc2C1=Cc1ccccc1O. The quantitative estimate of drug-likeness (QED) is 0.799. The van der Waals surface area contributed by atoms with Crippen LogP contribution in [0.15, 0.2) is 53.5 Å². The van der Waals surface area contributed by atoms with E-state index in [0.29, 0.717) is 5.84 Å². The third kappa shape index (κ3) is 1.66. The van der Waals surface area contributed by atoms with Crippen LogP contribution in [0.1, 0.15) is 11.1 Å². The number of phenols is 1. The minimum Gasteiger partial charge on any atom is -0.507 e. The van der Waals surface area contributed by atoms with Crippen molar-refractivity contribution >= 4 is 23.2 Å². The number of para-hydroxylation sites is 2. The van der Waals surface area contributed by atoms with E-state index in [-0.39, 0.29) is 5.75 Å². The number of nitrogens with two attached hydrogens (primary N) is 1. The zero-order valence-corrected chi connectivity index (χ0v) is 9.67. The Bertz CT molecular complexity index is 672. The number of nitrogens with zero attached hydrogens (tertiary/aromatic N) is 1. The number of hydrogen-bond acceptors (Lipinski definition) is 3. The summed E-state index contributed by atoms with van der Waals surface area (Å²) in [5, 5.41) is 9.78. The summed E-state index contributed by atoms with van der Waals surface area (Å²) in [5.41, 5.74) is 9.39. The van der Waals surface area contributed by atoms with Crippen LogP contribution in [0.3, 0.4) is 0 Å². The molecule has 0 aliphatic carbocycles. The average Bonchev–Trinajstić information content (AvgIpc) is 2.69. The Kier molecular flexibility index (Phi) is 2.38. The number of aromatic hydroxyl groups is 1. The molecule has 0 atom stereocenters. The van der Waals surface area contributed by atoms with E-state index in [1.165, 1.54) is 0 Å². The van der Waals surface area contributed by atoms with Crippen molar-refractivity contribution in [1.82, 2.24) is 0 Å². The number of benzene rings is 2. The molecule has 0 saturated carbocycles. The molecule has 18 heavy (non-hydrogen) atoms. The molecule has 0 fully saturated rings. The highest BCUT2D eigenvalue weighted by Gasteiger charge is 2.17. The minimum atomic E-state index is 0.238. The Hall–Kier alpha value is -2.55. The van der Waals surface area contributed by atoms with E-state index < -0.39 is 0 Å². The van der Waals surface area contributed by atoms with E-state index in [1.807, 2.05) is 42.5 Å². The molecule has 0 aromatic heterocycles. The van der Waals surface area contributed by atoms with Crippen LogP contribution in [0.4, 0.5) is 5.69 Å². The van der Waals surface area contributed by atoms with Gasteiger partial charge in [0, 0.05) is 16.7 Å². The number of aliphatic imine (C=N–C) groups is 1. The molecule has 0 radical (unpaired) electrons. The predicted molar refractivity (Wildman–Crippen MR) is 73.7 cm³/mol. The van der Waals surface area contributed by atoms with Gasteiger partial charge in [-0.3, -0.25) is 0 Å². The molecule has 0 unspecified atom stereocenters. The molecular formula is C15H12N2O. The first kappa shape index (κ1) is 10.6. The van der Waals surface area contributed by atoms with E-state index in [4.69, 9.17) is 5.73 Å². The molecule has 0 bridgehead atoms. The van der Waals surface area contributed by atoms with Crippen LogP contribution in [-0.4, -0.2) is 10.9 Å².